The van der Waals surface area contributed by atoms with Crippen LogP contribution in [0.5, 0.6) is 0 Å². The molecule has 1 aliphatic heterocycles. The lowest BCUT2D eigenvalue weighted by molar-refractivity contribution is -0.116. The Morgan fingerprint density at radius 2 is 1.82 bits per heavy atom. The second kappa shape index (κ2) is 9.93. The van der Waals surface area contributed by atoms with Crippen molar-refractivity contribution in [3.63, 3.8) is 0 Å². The molecule has 0 atom stereocenters. The number of piperidine rings is 1. The highest BCUT2D eigenvalue weighted by Gasteiger charge is 2.29. The van der Waals surface area contributed by atoms with E-state index in [1.54, 1.807) is 12.1 Å². The first kappa shape index (κ1) is 23.3. The number of aryl methyl sites for hydroxylation is 2. The first-order valence-corrected chi connectivity index (χ1v) is 12.8. The number of benzene rings is 1. The van der Waals surface area contributed by atoms with Gasteiger partial charge >= 0.3 is 0 Å². The van der Waals surface area contributed by atoms with E-state index in [4.69, 9.17) is 0 Å². The van der Waals surface area contributed by atoms with Crippen molar-refractivity contribution in [2.24, 2.45) is 5.92 Å². The van der Waals surface area contributed by atoms with Crippen LogP contribution in [0.4, 0.5) is 5.69 Å². The Morgan fingerprint density at radius 3 is 2.48 bits per heavy atom. The molecule has 1 aromatic carbocycles. The number of aromatic amines is 1. The summed E-state index contributed by atoms with van der Waals surface area (Å²) in [5.41, 5.74) is 3.42. The molecule has 9 heteroatoms. The molecule has 1 fully saturated rings. The lowest BCUT2D eigenvalue weighted by Gasteiger charge is -2.31. The van der Waals surface area contributed by atoms with Crippen LogP contribution in [-0.2, 0) is 27.7 Å². The minimum Gasteiger partial charge on any atom is -0.354 e. The van der Waals surface area contributed by atoms with Gasteiger partial charge in [0.2, 0.25) is 15.9 Å². The van der Waals surface area contributed by atoms with Gasteiger partial charge in [0.15, 0.2) is 0 Å². The maximum atomic E-state index is 13.0. The molecule has 1 aliphatic carbocycles. The first-order valence-electron chi connectivity index (χ1n) is 11.4. The highest BCUT2D eigenvalue weighted by atomic mass is 32.2. The maximum Gasteiger partial charge on any atom is 0.272 e. The maximum absolute atomic E-state index is 13.0. The van der Waals surface area contributed by atoms with Crippen molar-refractivity contribution in [1.29, 1.82) is 0 Å². The molecular formula is C24H30N4O4S. The number of fused-ring (bicyclic) bond motifs is 1. The SMILES string of the molecule is C=CC(=O)NCC1CCN(S(=O)(=O)c2ccc(NC(=O)c3cc4c([nH]3)CCCC4)cc2)CC1. The molecule has 0 spiro atoms. The van der Waals surface area contributed by atoms with E-state index in [1.807, 2.05) is 6.07 Å². The van der Waals surface area contributed by atoms with Crippen molar-refractivity contribution in [2.45, 2.75) is 43.4 Å². The molecule has 8 nitrogen and oxygen atoms in total. The average Bonchev–Trinajstić information content (AvgIpc) is 3.28. The molecule has 4 rings (SSSR count). The standard InChI is InChI=1S/C24H30N4O4S/c1-2-23(29)25-16-17-11-13-28(14-12-17)33(31,32)20-9-7-19(8-10-20)26-24(30)22-15-18-5-3-4-6-21(18)27-22/h2,7-10,15,17,27H,1,3-6,11-14,16H2,(H,25,29)(H,26,30). The number of aromatic nitrogens is 1. The quantitative estimate of drug-likeness (QED) is 0.540. The van der Waals surface area contributed by atoms with Crippen LogP contribution in [0.1, 0.15) is 47.4 Å². The predicted molar refractivity (Wildman–Crippen MR) is 127 cm³/mol. The molecule has 33 heavy (non-hydrogen) atoms. The van der Waals surface area contributed by atoms with Crippen LogP contribution < -0.4 is 10.6 Å². The van der Waals surface area contributed by atoms with Gasteiger partial charge in [0.05, 0.1) is 4.90 Å². The molecule has 176 valence electrons. The van der Waals surface area contributed by atoms with E-state index in [0.717, 1.165) is 31.4 Å². The number of rotatable bonds is 7. The minimum absolute atomic E-state index is 0.203. The van der Waals surface area contributed by atoms with Crippen molar-refractivity contribution in [2.75, 3.05) is 25.0 Å². The normalized spacial score (nSPS) is 17.2. The Morgan fingerprint density at radius 1 is 1.12 bits per heavy atom. The summed E-state index contributed by atoms with van der Waals surface area (Å²) in [6, 6.07) is 8.20. The third-order valence-corrected chi connectivity index (χ3v) is 8.35. The van der Waals surface area contributed by atoms with Crippen LogP contribution in [0.3, 0.4) is 0 Å². The number of anilines is 1. The molecule has 2 aliphatic rings. The highest BCUT2D eigenvalue weighted by Crippen LogP contribution is 2.25. The average molecular weight is 471 g/mol. The summed E-state index contributed by atoms with van der Waals surface area (Å²) in [4.78, 5) is 27.3. The summed E-state index contributed by atoms with van der Waals surface area (Å²) in [6.07, 6.45) is 6.84. The fourth-order valence-electron chi connectivity index (χ4n) is 4.45. The van der Waals surface area contributed by atoms with E-state index in [1.165, 1.54) is 28.1 Å². The zero-order chi connectivity index (χ0) is 23.4. The molecule has 0 saturated carbocycles. The Balaban J connectivity index is 1.34. The summed E-state index contributed by atoms with van der Waals surface area (Å²) < 4.78 is 27.5. The fraction of sp³-hybridized carbons (Fsp3) is 0.417. The summed E-state index contributed by atoms with van der Waals surface area (Å²) in [5, 5.41) is 5.61. The van der Waals surface area contributed by atoms with E-state index in [-0.39, 0.29) is 22.6 Å². The Bertz CT molecular complexity index is 1110. The van der Waals surface area contributed by atoms with Crippen LogP contribution in [0, 0.1) is 5.92 Å². The number of amides is 2. The number of carbonyl (C=O) groups is 2. The fourth-order valence-corrected chi connectivity index (χ4v) is 5.92. The second-order valence-corrected chi connectivity index (χ2v) is 10.6. The van der Waals surface area contributed by atoms with Crippen LogP contribution >= 0.6 is 0 Å². The Labute approximate surface area is 194 Å². The van der Waals surface area contributed by atoms with Gasteiger partial charge in [0.25, 0.3) is 5.91 Å². The van der Waals surface area contributed by atoms with Gasteiger partial charge in [-0.05, 0) is 86.4 Å². The van der Waals surface area contributed by atoms with Crippen molar-refractivity contribution in [1.82, 2.24) is 14.6 Å². The monoisotopic (exact) mass is 470 g/mol. The largest absolute Gasteiger partial charge is 0.354 e. The molecule has 1 saturated heterocycles. The van der Waals surface area contributed by atoms with Crippen LogP contribution in [0.25, 0.3) is 0 Å². The van der Waals surface area contributed by atoms with Gasteiger partial charge in [0, 0.05) is 31.0 Å². The smallest absolute Gasteiger partial charge is 0.272 e. The number of H-pyrrole nitrogens is 1. The summed E-state index contributed by atoms with van der Waals surface area (Å²) in [7, 11) is -3.61. The van der Waals surface area contributed by atoms with E-state index >= 15 is 0 Å². The lowest BCUT2D eigenvalue weighted by Crippen LogP contribution is -2.41. The topological polar surface area (TPSA) is 111 Å². The zero-order valence-corrected chi connectivity index (χ0v) is 19.4. The van der Waals surface area contributed by atoms with Crippen LogP contribution in [0.2, 0.25) is 0 Å². The third kappa shape index (κ3) is 5.36. The van der Waals surface area contributed by atoms with Crippen molar-refractivity contribution in [3.05, 3.63) is 59.9 Å². The molecule has 3 N–H and O–H groups in total. The van der Waals surface area contributed by atoms with Gasteiger partial charge in [-0.2, -0.15) is 4.31 Å². The first-order chi connectivity index (χ1) is 15.9. The van der Waals surface area contributed by atoms with E-state index < -0.39 is 10.0 Å². The van der Waals surface area contributed by atoms with E-state index in [2.05, 4.69) is 22.2 Å². The molecular weight excluding hydrogens is 440 g/mol. The third-order valence-electron chi connectivity index (χ3n) is 6.43. The zero-order valence-electron chi connectivity index (χ0n) is 18.6. The van der Waals surface area contributed by atoms with E-state index in [0.29, 0.717) is 43.9 Å². The van der Waals surface area contributed by atoms with Gasteiger partial charge in [-0.1, -0.05) is 6.58 Å². The number of carbonyl (C=O) groups excluding carboxylic acids is 2. The van der Waals surface area contributed by atoms with Gasteiger partial charge in [-0.15, -0.1) is 0 Å². The van der Waals surface area contributed by atoms with Crippen molar-refractivity contribution in [3.8, 4) is 0 Å². The number of nitrogens with zero attached hydrogens (tertiary/aromatic N) is 1. The number of nitrogens with one attached hydrogen (secondary N) is 3. The summed E-state index contributed by atoms with van der Waals surface area (Å²) in [5.74, 6) is -0.199. The minimum atomic E-state index is -3.61. The molecule has 0 unspecified atom stereocenters. The van der Waals surface area contributed by atoms with E-state index in [9.17, 15) is 18.0 Å². The molecule has 2 heterocycles. The predicted octanol–water partition coefficient (Wildman–Crippen LogP) is 2.85. The molecule has 1 aromatic heterocycles. The Hall–Kier alpha value is -2.91. The highest BCUT2D eigenvalue weighted by molar-refractivity contribution is 7.89. The number of hydrogen-bond acceptors (Lipinski definition) is 4. The molecule has 0 radical (unpaired) electrons. The van der Waals surface area contributed by atoms with Crippen LogP contribution in [0.15, 0.2) is 47.9 Å². The Kier molecular flexibility index (Phi) is 6.99. The summed E-state index contributed by atoms with van der Waals surface area (Å²) in [6.45, 7) is 4.77. The molecule has 2 aromatic rings. The van der Waals surface area contributed by atoms with Gasteiger partial charge in [-0.25, -0.2) is 8.42 Å². The van der Waals surface area contributed by atoms with Gasteiger partial charge in [-0.3, -0.25) is 9.59 Å². The summed E-state index contributed by atoms with van der Waals surface area (Å²) >= 11 is 0. The number of hydrogen-bond donors (Lipinski definition) is 3. The van der Waals surface area contributed by atoms with Crippen molar-refractivity contribution < 1.29 is 18.0 Å². The second-order valence-electron chi connectivity index (χ2n) is 8.67. The lowest BCUT2D eigenvalue weighted by atomic mass is 9.98. The van der Waals surface area contributed by atoms with Gasteiger partial charge < -0.3 is 15.6 Å². The molecule has 2 amide bonds. The van der Waals surface area contributed by atoms with Gasteiger partial charge in [0.1, 0.15) is 5.69 Å². The van der Waals surface area contributed by atoms with Crippen molar-refractivity contribution >= 4 is 27.5 Å². The molecule has 0 bridgehead atoms. The number of sulfonamides is 1. The van der Waals surface area contributed by atoms with Crippen LogP contribution in [-0.4, -0.2) is 49.2 Å².